The summed E-state index contributed by atoms with van der Waals surface area (Å²) < 4.78 is 0. The molecule has 1 unspecified atom stereocenters. The van der Waals surface area contributed by atoms with Crippen LogP contribution in [0.15, 0.2) is 24.3 Å². The first-order chi connectivity index (χ1) is 12.3. The van der Waals surface area contributed by atoms with Gasteiger partial charge in [-0.1, -0.05) is 84.0 Å². The number of benzene rings is 1. The van der Waals surface area contributed by atoms with Crippen LogP contribution in [0.1, 0.15) is 108 Å². The summed E-state index contributed by atoms with van der Waals surface area (Å²) in [7, 11) is 0. The quantitative estimate of drug-likeness (QED) is 0.250. The maximum Gasteiger partial charge on any atom is 0.150 e. The molecule has 2 heteroatoms. The van der Waals surface area contributed by atoms with E-state index in [0.717, 1.165) is 17.5 Å². The van der Waals surface area contributed by atoms with Crippen molar-refractivity contribution in [1.29, 1.82) is 0 Å². The van der Waals surface area contributed by atoms with E-state index in [4.69, 9.17) is 0 Å². The maximum atomic E-state index is 10.7. The zero-order chi connectivity index (χ0) is 18.2. The maximum absolute atomic E-state index is 10.7. The Morgan fingerprint density at radius 1 is 0.800 bits per heavy atom. The van der Waals surface area contributed by atoms with Crippen LogP contribution < -0.4 is 5.32 Å². The van der Waals surface area contributed by atoms with Crippen molar-refractivity contribution in [3.05, 3.63) is 29.8 Å². The van der Waals surface area contributed by atoms with Crippen LogP contribution in [0, 0.1) is 0 Å². The zero-order valence-corrected chi connectivity index (χ0v) is 16.6. The number of anilines is 1. The highest BCUT2D eigenvalue weighted by atomic mass is 16.1. The van der Waals surface area contributed by atoms with Crippen LogP contribution in [-0.4, -0.2) is 12.3 Å². The predicted molar refractivity (Wildman–Crippen MR) is 111 cm³/mol. The number of aldehydes is 1. The molecule has 1 aromatic rings. The molecule has 0 spiro atoms. The Morgan fingerprint density at radius 2 is 1.28 bits per heavy atom. The van der Waals surface area contributed by atoms with Crippen LogP contribution in [-0.2, 0) is 0 Å². The summed E-state index contributed by atoms with van der Waals surface area (Å²) in [5, 5.41) is 3.52. The number of nitrogens with one attached hydrogen (secondary N) is 1. The van der Waals surface area contributed by atoms with Crippen molar-refractivity contribution < 1.29 is 4.79 Å². The van der Waals surface area contributed by atoms with Gasteiger partial charge in [-0.05, 0) is 37.6 Å². The molecule has 2 nitrogen and oxygen atoms in total. The molecule has 0 saturated heterocycles. The summed E-state index contributed by atoms with van der Waals surface area (Å²) in [5.74, 6) is 0. The number of rotatable bonds is 16. The van der Waals surface area contributed by atoms with Gasteiger partial charge in [0, 0.05) is 17.3 Å². The topological polar surface area (TPSA) is 29.1 Å². The summed E-state index contributed by atoms with van der Waals surface area (Å²) in [6.07, 6.45) is 18.9. The van der Waals surface area contributed by atoms with Gasteiger partial charge < -0.3 is 5.32 Å². The summed E-state index contributed by atoms with van der Waals surface area (Å²) in [6.45, 7) is 4.52. The van der Waals surface area contributed by atoms with E-state index < -0.39 is 0 Å². The lowest BCUT2D eigenvalue weighted by Gasteiger charge is -2.15. The average Bonchev–Trinajstić information content (AvgIpc) is 2.63. The molecule has 0 bridgehead atoms. The molecular weight excluding hydrogens is 306 g/mol. The van der Waals surface area contributed by atoms with Crippen molar-refractivity contribution in [2.45, 2.75) is 103 Å². The minimum absolute atomic E-state index is 0.491. The van der Waals surface area contributed by atoms with Crippen molar-refractivity contribution >= 4 is 12.0 Å². The lowest BCUT2D eigenvalue weighted by Crippen LogP contribution is -2.14. The summed E-state index contributed by atoms with van der Waals surface area (Å²) in [5.41, 5.74) is 1.84. The van der Waals surface area contributed by atoms with Crippen LogP contribution in [0.3, 0.4) is 0 Å². The van der Waals surface area contributed by atoms with Gasteiger partial charge >= 0.3 is 0 Å². The van der Waals surface area contributed by atoms with Crippen LogP contribution in [0.5, 0.6) is 0 Å². The Hall–Kier alpha value is -1.31. The molecule has 25 heavy (non-hydrogen) atoms. The Balaban J connectivity index is 1.91. The van der Waals surface area contributed by atoms with E-state index in [9.17, 15) is 4.79 Å². The van der Waals surface area contributed by atoms with Gasteiger partial charge in [-0.25, -0.2) is 0 Å². The van der Waals surface area contributed by atoms with Gasteiger partial charge in [0.2, 0.25) is 0 Å². The minimum Gasteiger partial charge on any atom is -0.383 e. The van der Waals surface area contributed by atoms with Gasteiger partial charge in [0.15, 0.2) is 0 Å². The van der Waals surface area contributed by atoms with Crippen LogP contribution in [0.25, 0.3) is 0 Å². The van der Waals surface area contributed by atoms with E-state index in [1.807, 2.05) is 24.3 Å². The van der Waals surface area contributed by atoms with Crippen LogP contribution in [0.2, 0.25) is 0 Å². The van der Waals surface area contributed by atoms with E-state index in [2.05, 4.69) is 19.2 Å². The van der Waals surface area contributed by atoms with Crippen LogP contribution in [0.4, 0.5) is 5.69 Å². The fourth-order valence-electron chi connectivity index (χ4n) is 3.31. The molecular formula is C23H39NO. The first kappa shape index (κ1) is 21.7. The molecule has 1 aromatic carbocycles. The SMILES string of the molecule is CCCCCCCCCCCCCCC(C)Nc1ccc(C=O)cc1. The Morgan fingerprint density at radius 3 is 1.76 bits per heavy atom. The van der Waals surface area contributed by atoms with Crippen molar-refractivity contribution in [3.63, 3.8) is 0 Å². The highest BCUT2D eigenvalue weighted by Gasteiger charge is 2.02. The average molecular weight is 346 g/mol. The first-order valence-electron chi connectivity index (χ1n) is 10.6. The summed E-state index contributed by atoms with van der Waals surface area (Å²) in [6, 6.07) is 8.20. The first-order valence-corrected chi connectivity index (χ1v) is 10.6. The van der Waals surface area contributed by atoms with Crippen molar-refractivity contribution in [1.82, 2.24) is 0 Å². The molecule has 0 aliphatic carbocycles. The van der Waals surface area contributed by atoms with Gasteiger partial charge in [0.1, 0.15) is 6.29 Å². The van der Waals surface area contributed by atoms with E-state index in [0.29, 0.717) is 6.04 Å². The van der Waals surface area contributed by atoms with E-state index in [1.54, 1.807) is 0 Å². The highest BCUT2D eigenvalue weighted by Crippen LogP contribution is 2.15. The number of carbonyl (C=O) groups excluding carboxylic acids is 1. The molecule has 142 valence electrons. The smallest absolute Gasteiger partial charge is 0.150 e. The molecule has 1 atom stereocenters. The number of unbranched alkanes of at least 4 members (excludes halogenated alkanes) is 11. The molecule has 0 fully saturated rings. The Labute approximate surface area is 155 Å². The normalized spacial score (nSPS) is 12.1. The standard InChI is InChI=1S/C23H39NO/c1-3-4-5-6-7-8-9-10-11-12-13-14-15-21(2)24-23-18-16-22(20-25)17-19-23/h16-21,24H,3-15H2,1-2H3. The third kappa shape index (κ3) is 11.8. The lowest BCUT2D eigenvalue weighted by molar-refractivity contribution is 0.112. The molecule has 0 amide bonds. The van der Waals surface area contributed by atoms with Gasteiger partial charge in [0.05, 0.1) is 0 Å². The molecule has 0 aliphatic rings. The summed E-state index contributed by atoms with van der Waals surface area (Å²) in [4.78, 5) is 10.7. The third-order valence-corrected chi connectivity index (χ3v) is 4.95. The Bertz CT molecular complexity index is 426. The second kappa shape index (κ2) is 15.0. The highest BCUT2D eigenvalue weighted by molar-refractivity contribution is 5.75. The van der Waals surface area contributed by atoms with Crippen molar-refractivity contribution in [3.8, 4) is 0 Å². The van der Waals surface area contributed by atoms with Gasteiger partial charge in [-0.3, -0.25) is 4.79 Å². The molecule has 1 rings (SSSR count). The van der Waals surface area contributed by atoms with E-state index >= 15 is 0 Å². The van der Waals surface area contributed by atoms with Gasteiger partial charge in [-0.2, -0.15) is 0 Å². The molecule has 1 N–H and O–H groups in total. The fraction of sp³-hybridized carbons (Fsp3) is 0.696. The zero-order valence-electron chi connectivity index (χ0n) is 16.6. The Kier molecular flexibility index (Phi) is 13.0. The predicted octanol–water partition coefficient (Wildman–Crippen LogP) is 7.39. The largest absolute Gasteiger partial charge is 0.383 e. The van der Waals surface area contributed by atoms with E-state index in [-0.39, 0.29) is 0 Å². The number of carbonyl (C=O) groups is 1. The number of hydrogen-bond donors (Lipinski definition) is 1. The van der Waals surface area contributed by atoms with Gasteiger partial charge in [-0.15, -0.1) is 0 Å². The van der Waals surface area contributed by atoms with Crippen LogP contribution >= 0.6 is 0 Å². The molecule has 0 aromatic heterocycles. The van der Waals surface area contributed by atoms with Crippen molar-refractivity contribution in [2.75, 3.05) is 5.32 Å². The summed E-state index contributed by atoms with van der Waals surface area (Å²) >= 11 is 0. The minimum atomic E-state index is 0.491. The van der Waals surface area contributed by atoms with E-state index in [1.165, 1.54) is 83.5 Å². The monoisotopic (exact) mass is 345 g/mol. The third-order valence-electron chi connectivity index (χ3n) is 4.95. The second-order valence-electron chi connectivity index (χ2n) is 7.46. The molecule has 0 radical (unpaired) electrons. The molecule has 0 saturated carbocycles. The fourth-order valence-corrected chi connectivity index (χ4v) is 3.31. The molecule has 0 heterocycles. The van der Waals surface area contributed by atoms with Crippen molar-refractivity contribution in [2.24, 2.45) is 0 Å². The number of hydrogen-bond acceptors (Lipinski definition) is 2. The lowest BCUT2D eigenvalue weighted by atomic mass is 10.0. The van der Waals surface area contributed by atoms with Gasteiger partial charge in [0.25, 0.3) is 0 Å². The molecule has 0 aliphatic heterocycles. The second-order valence-corrected chi connectivity index (χ2v) is 7.46.